The SMILES string of the molecule is C=C1C=COC(=O)O1. The van der Waals surface area contributed by atoms with Crippen LogP contribution < -0.4 is 0 Å². The van der Waals surface area contributed by atoms with Gasteiger partial charge in [-0.25, -0.2) is 4.79 Å². The highest BCUT2D eigenvalue weighted by molar-refractivity contribution is 5.63. The van der Waals surface area contributed by atoms with Crippen LogP contribution in [0.5, 0.6) is 0 Å². The average molecular weight is 112 g/mol. The summed E-state index contributed by atoms with van der Waals surface area (Å²) >= 11 is 0. The van der Waals surface area contributed by atoms with Gasteiger partial charge in [0.2, 0.25) is 0 Å². The summed E-state index contributed by atoms with van der Waals surface area (Å²) in [4.78, 5) is 10.1. The van der Waals surface area contributed by atoms with E-state index in [1.54, 1.807) is 0 Å². The van der Waals surface area contributed by atoms with E-state index in [4.69, 9.17) is 0 Å². The van der Waals surface area contributed by atoms with E-state index >= 15 is 0 Å². The lowest BCUT2D eigenvalue weighted by Gasteiger charge is -2.04. The Balaban J connectivity index is 2.68. The molecule has 8 heavy (non-hydrogen) atoms. The van der Waals surface area contributed by atoms with E-state index in [1.165, 1.54) is 12.3 Å². The molecule has 0 N–H and O–H groups in total. The fourth-order valence-electron chi connectivity index (χ4n) is 0.331. The lowest BCUT2D eigenvalue weighted by atomic mass is 10.5. The molecule has 0 aromatic rings. The summed E-state index contributed by atoms with van der Waals surface area (Å²) in [6.45, 7) is 3.35. The van der Waals surface area contributed by atoms with Crippen LogP contribution in [0.15, 0.2) is 24.7 Å². The van der Waals surface area contributed by atoms with Crippen molar-refractivity contribution in [3.63, 3.8) is 0 Å². The third kappa shape index (κ3) is 0.872. The molecular weight excluding hydrogens is 108 g/mol. The highest BCUT2D eigenvalue weighted by atomic mass is 16.7. The minimum Gasteiger partial charge on any atom is -0.403 e. The van der Waals surface area contributed by atoms with E-state index < -0.39 is 6.16 Å². The largest absolute Gasteiger partial charge is 0.518 e. The number of cyclic esters (lactones) is 2. The van der Waals surface area contributed by atoms with Gasteiger partial charge in [0.05, 0.1) is 0 Å². The number of carbonyl (C=O) groups is 1. The third-order valence-corrected chi connectivity index (χ3v) is 0.633. The molecule has 0 aromatic heterocycles. The Hall–Kier alpha value is -1.25. The van der Waals surface area contributed by atoms with Crippen LogP contribution in [0.4, 0.5) is 4.79 Å². The van der Waals surface area contributed by atoms with E-state index in [9.17, 15) is 4.79 Å². The maximum absolute atomic E-state index is 10.1. The van der Waals surface area contributed by atoms with Crippen molar-refractivity contribution >= 4 is 6.16 Å². The second-order valence-electron chi connectivity index (χ2n) is 1.24. The second-order valence-corrected chi connectivity index (χ2v) is 1.24. The molecule has 0 aliphatic carbocycles. The minimum atomic E-state index is -0.725. The van der Waals surface area contributed by atoms with Gasteiger partial charge < -0.3 is 9.47 Å². The van der Waals surface area contributed by atoms with Crippen LogP contribution in [-0.4, -0.2) is 6.16 Å². The van der Waals surface area contributed by atoms with Gasteiger partial charge in [-0.05, 0) is 0 Å². The van der Waals surface area contributed by atoms with E-state index in [0.717, 1.165) is 0 Å². The van der Waals surface area contributed by atoms with Crippen molar-refractivity contribution in [2.24, 2.45) is 0 Å². The highest BCUT2D eigenvalue weighted by Crippen LogP contribution is 2.04. The topological polar surface area (TPSA) is 35.5 Å². The van der Waals surface area contributed by atoms with Gasteiger partial charge in [0.1, 0.15) is 12.0 Å². The van der Waals surface area contributed by atoms with Crippen LogP contribution in [0.25, 0.3) is 0 Å². The Kier molecular flexibility index (Phi) is 1.04. The summed E-state index contributed by atoms with van der Waals surface area (Å²) in [5.74, 6) is 0.307. The summed E-state index contributed by atoms with van der Waals surface area (Å²) in [5.41, 5.74) is 0. The molecule has 1 rings (SSSR count). The summed E-state index contributed by atoms with van der Waals surface area (Å²) in [6.07, 6.45) is 1.97. The molecule has 0 aromatic carbocycles. The van der Waals surface area contributed by atoms with Gasteiger partial charge in [0.15, 0.2) is 0 Å². The number of allylic oxidation sites excluding steroid dienone is 1. The lowest BCUT2D eigenvalue weighted by molar-refractivity contribution is 0.106. The van der Waals surface area contributed by atoms with E-state index in [0.29, 0.717) is 5.76 Å². The van der Waals surface area contributed by atoms with Gasteiger partial charge in [-0.2, -0.15) is 0 Å². The monoisotopic (exact) mass is 112 g/mol. The number of carbonyl (C=O) groups excluding carboxylic acids is 1. The Labute approximate surface area is 46.2 Å². The predicted molar refractivity (Wildman–Crippen MR) is 25.8 cm³/mol. The molecule has 0 amide bonds. The van der Waals surface area contributed by atoms with Crippen LogP contribution in [0.2, 0.25) is 0 Å². The Morgan fingerprint density at radius 1 is 1.62 bits per heavy atom. The van der Waals surface area contributed by atoms with Crippen molar-refractivity contribution in [3.05, 3.63) is 24.7 Å². The van der Waals surface area contributed by atoms with E-state index in [1.807, 2.05) is 0 Å². The second kappa shape index (κ2) is 1.69. The third-order valence-electron chi connectivity index (χ3n) is 0.633. The first-order valence-electron chi connectivity index (χ1n) is 2.03. The number of ether oxygens (including phenoxy) is 2. The van der Waals surface area contributed by atoms with E-state index in [2.05, 4.69) is 16.1 Å². The molecule has 3 heteroatoms. The van der Waals surface area contributed by atoms with Crippen LogP contribution in [0.1, 0.15) is 0 Å². The van der Waals surface area contributed by atoms with Gasteiger partial charge in [0.25, 0.3) is 0 Å². The molecule has 3 nitrogen and oxygen atoms in total. The molecule has 42 valence electrons. The Morgan fingerprint density at radius 3 is 2.75 bits per heavy atom. The summed E-state index contributed by atoms with van der Waals surface area (Å²) in [6, 6.07) is 0. The molecule has 1 heterocycles. The summed E-state index contributed by atoms with van der Waals surface area (Å²) in [7, 11) is 0. The van der Waals surface area contributed by atoms with Crippen LogP contribution in [0.3, 0.4) is 0 Å². The Morgan fingerprint density at radius 2 is 2.38 bits per heavy atom. The quantitative estimate of drug-likeness (QED) is 0.441. The molecule has 0 bridgehead atoms. The van der Waals surface area contributed by atoms with Gasteiger partial charge in [-0.15, -0.1) is 0 Å². The first-order valence-corrected chi connectivity index (χ1v) is 2.03. The number of hydrogen-bond donors (Lipinski definition) is 0. The molecule has 1 aliphatic rings. The van der Waals surface area contributed by atoms with Crippen molar-refractivity contribution < 1.29 is 14.3 Å². The van der Waals surface area contributed by atoms with Crippen LogP contribution >= 0.6 is 0 Å². The molecule has 0 unspecified atom stereocenters. The molecule has 0 radical (unpaired) electrons. The van der Waals surface area contributed by atoms with Crippen molar-refractivity contribution in [2.75, 3.05) is 0 Å². The zero-order chi connectivity index (χ0) is 5.98. The fourth-order valence-corrected chi connectivity index (χ4v) is 0.331. The maximum atomic E-state index is 10.1. The molecular formula is C5H4O3. The van der Waals surface area contributed by atoms with Gasteiger partial charge in [-0.1, -0.05) is 6.58 Å². The standard InChI is InChI=1S/C5H4O3/c1-4-2-3-7-5(6)8-4/h2-3H,1H2. The predicted octanol–water partition coefficient (Wildman–Crippen LogP) is 1.18. The van der Waals surface area contributed by atoms with E-state index in [-0.39, 0.29) is 0 Å². The molecule has 1 aliphatic heterocycles. The summed E-state index contributed by atoms with van der Waals surface area (Å²) in [5, 5.41) is 0. The summed E-state index contributed by atoms with van der Waals surface area (Å²) < 4.78 is 8.59. The first kappa shape index (κ1) is 4.90. The molecule has 0 saturated heterocycles. The minimum absolute atomic E-state index is 0.307. The highest BCUT2D eigenvalue weighted by Gasteiger charge is 2.06. The van der Waals surface area contributed by atoms with Gasteiger partial charge >= 0.3 is 6.16 Å². The molecule has 0 saturated carbocycles. The zero-order valence-electron chi connectivity index (χ0n) is 4.09. The van der Waals surface area contributed by atoms with Gasteiger partial charge in [0, 0.05) is 6.08 Å². The maximum Gasteiger partial charge on any atom is 0.518 e. The lowest BCUT2D eigenvalue weighted by Crippen LogP contribution is -2.05. The normalized spacial score (nSPS) is 17.5. The van der Waals surface area contributed by atoms with Crippen molar-refractivity contribution in [1.29, 1.82) is 0 Å². The average Bonchev–Trinajstić information content (AvgIpc) is 1.64. The number of hydrogen-bond acceptors (Lipinski definition) is 3. The number of rotatable bonds is 0. The Bertz CT molecular complexity index is 157. The smallest absolute Gasteiger partial charge is 0.403 e. The van der Waals surface area contributed by atoms with Crippen LogP contribution in [-0.2, 0) is 9.47 Å². The molecule has 0 spiro atoms. The van der Waals surface area contributed by atoms with Crippen molar-refractivity contribution in [3.8, 4) is 0 Å². The van der Waals surface area contributed by atoms with Crippen LogP contribution in [0, 0.1) is 0 Å². The first-order chi connectivity index (χ1) is 3.79. The van der Waals surface area contributed by atoms with Crippen molar-refractivity contribution in [2.45, 2.75) is 0 Å². The van der Waals surface area contributed by atoms with Crippen molar-refractivity contribution in [1.82, 2.24) is 0 Å². The molecule has 0 atom stereocenters. The molecule has 0 fully saturated rings. The zero-order valence-corrected chi connectivity index (χ0v) is 4.09. The fraction of sp³-hybridized carbons (Fsp3) is 0. The van der Waals surface area contributed by atoms with Gasteiger partial charge in [-0.3, -0.25) is 0 Å².